The van der Waals surface area contributed by atoms with Crippen LogP contribution in [-0.4, -0.2) is 22.4 Å². The lowest BCUT2D eigenvalue weighted by Gasteiger charge is -2.12. The largest absolute Gasteiger partial charge is 0.377 e. The lowest BCUT2D eigenvalue weighted by Crippen LogP contribution is -2.04. The fraction of sp³-hybridized carbons (Fsp3) is 0.240. The average Bonchev–Trinajstić information content (AvgIpc) is 3.04. The van der Waals surface area contributed by atoms with Gasteiger partial charge in [0.2, 0.25) is 0 Å². The van der Waals surface area contributed by atoms with E-state index in [4.69, 9.17) is 9.72 Å². The van der Waals surface area contributed by atoms with Crippen LogP contribution >= 0.6 is 24.2 Å². The number of hydrogen-bond donors (Lipinski definition) is 0. The van der Waals surface area contributed by atoms with Crippen LogP contribution in [0.3, 0.4) is 0 Å². The van der Waals surface area contributed by atoms with E-state index in [1.165, 1.54) is 32.6 Å². The van der Waals surface area contributed by atoms with Crippen LogP contribution in [0.1, 0.15) is 23.7 Å². The lowest BCUT2D eigenvalue weighted by atomic mass is 10.1. The molecule has 3 nitrogen and oxygen atoms in total. The normalized spacial score (nSPS) is 10.9. The number of hydrogen-bond acceptors (Lipinski definition) is 3. The van der Waals surface area contributed by atoms with Crippen LogP contribution in [0.4, 0.5) is 0 Å². The molecule has 0 radical (unpaired) electrons. The summed E-state index contributed by atoms with van der Waals surface area (Å²) in [6.07, 6.45) is 4.02. The summed E-state index contributed by atoms with van der Waals surface area (Å²) in [5, 5.41) is 1.23. The van der Waals surface area contributed by atoms with Crippen molar-refractivity contribution in [2.24, 2.45) is 0 Å². The monoisotopic (exact) mass is 438 g/mol. The summed E-state index contributed by atoms with van der Waals surface area (Å²) < 4.78 is 8.20. The minimum absolute atomic E-state index is 0. The Labute approximate surface area is 188 Å². The zero-order valence-electron chi connectivity index (χ0n) is 17.6. The summed E-state index contributed by atoms with van der Waals surface area (Å²) in [6.45, 7) is 6.38. The zero-order chi connectivity index (χ0) is 20.2. The van der Waals surface area contributed by atoms with Gasteiger partial charge in [0.1, 0.15) is 0 Å². The standard InChI is InChI=1S/C25H26N2OS.ClH/c1-4-28-17-23-18(2)27(16-19-8-6-5-7-9-19)25-22(23)14-15-26-24(25)20-10-12-21(29-3)13-11-20;/h5-15H,4,16-17H2,1-3H3;1H. The minimum atomic E-state index is 0. The van der Waals surface area contributed by atoms with E-state index in [9.17, 15) is 0 Å². The van der Waals surface area contributed by atoms with E-state index in [0.717, 1.165) is 17.8 Å². The maximum absolute atomic E-state index is 5.81. The van der Waals surface area contributed by atoms with E-state index in [0.29, 0.717) is 13.2 Å². The summed E-state index contributed by atoms with van der Waals surface area (Å²) in [6, 6.07) is 21.4. The predicted molar refractivity (Wildman–Crippen MR) is 130 cm³/mol. The van der Waals surface area contributed by atoms with Gasteiger partial charge in [-0.25, -0.2) is 0 Å². The van der Waals surface area contributed by atoms with Crippen LogP contribution in [0.25, 0.3) is 22.2 Å². The molecule has 156 valence electrons. The highest BCUT2D eigenvalue weighted by molar-refractivity contribution is 7.98. The molecule has 0 amide bonds. The number of thioether (sulfide) groups is 1. The Hall–Kier alpha value is -2.27. The van der Waals surface area contributed by atoms with E-state index >= 15 is 0 Å². The Bertz CT molecular complexity index is 1110. The summed E-state index contributed by atoms with van der Waals surface area (Å²) in [5.74, 6) is 0. The number of halogens is 1. The molecule has 0 saturated heterocycles. The average molecular weight is 439 g/mol. The van der Waals surface area contributed by atoms with Crippen molar-refractivity contribution in [2.75, 3.05) is 12.9 Å². The van der Waals surface area contributed by atoms with Gasteiger partial charge in [-0.05, 0) is 43.9 Å². The van der Waals surface area contributed by atoms with Gasteiger partial charge in [-0.15, -0.1) is 24.2 Å². The third kappa shape index (κ3) is 4.41. The molecule has 2 heterocycles. The van der Waals surface area contributed by atoms with Crippen LogP contribution in [0.5, 0.6) is 0 Å². The maximum atomic E-state index is 5.81. The molecule has 0 fully saturated rings. The molecule has 2 aromatic carbocycles. The number of pyridine rings is 1. The topological polar surface area (TPSA) is 27.1 Å². The highest BCUT2D eigenvalue weighted by Gasteiger charge is 2.19. The van der Waals surface area contributed by atoms with Crippen molar-refractivity contribution in [3.05, 3.63) is 83.7 Å². The van der Waals surface area contributed by atoms with E-state index in [1.807, 2.05) is 13.1 Å². The summed E-state index contributed by atoms with van der Waals surface area (Å²) in [5.41, 5.74) is 7.12. The second-order valence-corrected chi connectivity index (χ2v) is 7.94. The van der Waals surface area contributed by atoms with Gasteiger partial charge in [-0.3, -0.25) is 4.98 Å². The van der Waals surface area contributed by atoms with Crippen molar-refractivity contribution in [2.45, 2.75) is 31.9 Å². The van der Waals surface area contributed by atoms with Gasteiger partial charge in [0.05, 0.1) is 17.8 Å². The molecule has 4 rings (SSSR count). The molecular weight excluding hydrogens is 412 g/mol. The van der Waals surface area contributed by atoms with Crippen LogP contribution in [-0.2, 0) is 17.9 Å². The van der Waals surface area contributed by atoms with E-state index in [-0.39, 0.29) is 12.4 Å². The predicted octanol–water partition coefficient (Wildman–Crippen LogP) is 6.74. The molecule has 2 aromatic heterocycles. The highest BCUT2D eigenvalue weighted by Crippen LogP contribution is 2.34. The molecule has 0 spiro atoms. The molecule has 0 aliphatic rings. The van der Waals surface area contributed by atoms with Crippen molar-refractivity contribution in [1.82, 2.24) is 9.55 Å². The first-order valence-corrected chi connectivity index (χ1v) is 11.2. The second-order valence-electron chi connectivity index (χ2n) is 7.06. The van der Waals surface area contributed by atoms with Gasteiger partial charge in [0, 0.05) is 46.5 Å². The molecule has 0 unspecified atom stereocenters. The maximum Gasteiger partial charge on any atom is 0.0945 e. The Morgan fingerprint density at radius 1 is 1.00 bits per heavy atom. The van der Waals surface area contributed by atoms with Crippen molar-refractivity contribution >= 4 is 35.1 Å². The third-order valence-corrected chi connectivity index (χ3v) is 6.10. The molecule has 0 N–H and O–H groups in total. The molecule has 5 heteroatoms. The summed E-state index contributed by atoms with van der Waals surface area (Å²) in [4.78, 5) is 6.06. The zero-order valence-corrected chi connectivity index (χ0v) is 19.2. The summed E-state index contributed by atoms with van der Waals surface area (Å²) >= 11 is 1.75. The molecule has 0 aliphatic carbocycles. The second kappa shape index (κ2) is 10.2. The number of nitrogens with zero attached hydrogens (tertiary/aromatic N) is 2. The first-order valence-electron chi connectivity index (χ1n) is 9.95. The van der Waals surface area contributed by atoms with Gasteiger partial charge >= 0.3 is 0 Å². The lowest BCUT2D eigenvalue weighted by molar-refractivity contribution is 0.134. The molecule has 0 aliphatic heterocycles. The number of ether oxygens (including phenoxy) is 1. The van der Waals surface area contributed by atoms with Crippen LogP contribution in [0, 0.1) is 6.92 Å². The number of fused-ring (bicyclic) bond motifs is 1. The van der Waals surface area contributed by atoms with Crippen molar-refractivity contribution in [3.63, 3.8) is 0 Å². The molecule has 30 heavy (non-hydrogen) atoms. The van der Waals surface area contributed by atoms with Gasteiger partial charge < -0.3 is 9.30 Å². The molecular formula is C25H27ClN2OS. The highest BCUT2D eigenvalue weighted by atomic mass is 35.5. The van der Waals surface area contributed by atoms with E-state index < -0.39 is 0 Å². The van der Waals surface area contributed by atoms with E-state index in [1.54, 1.807) is 11.8 Å². The minimum Gasteiger partial charge on any atom is -0.377 e. The van der Waals surface area contributed by atoms with Gasteiger partial charge in [0.25, 0.3) is 0 Å². The molecule has 4 aromatic rings. The van der Waals surface area contributed by atoms with Gasteiger partial charge in [-0.1, -0.05) is 42.5 Å². The summed E-state index contributed by atoms with van der Waals surface area (Å²) in [7, 11) is 0. The third-order valence-electron chi connectivity index (χ3n) is 5.36. The first-order chi connectivity index (χ1) is 14.2. The quantitative estimate of drug-likeness (QED) is 0.299. The fourth-order valence-electron chi connectivity index (χ4n) is 3.81. The molecule has 0 saturated carbocycles. The Morgan fingerprint density at radius 2 is 1.73 bits per heavy atom. The van der Waals surface area contributed by atoms with Gasteiger partial charge in [0.15, 0.2) is 0 Å². The Morgan fingerprint density at radius 3 is 2.40 bits per heavy atom. The fourth-order valence-corrected chi connectivity index (χ4v) is 4.21. The van der Waals surface area contributed by atoms with Crippen LogP contribution in [0.2, 0.25) is 0 Å². The van der Waals surface area contributed by atoms with Crippen molar-refractivity contribution in [3.8, 4) is 11.3 Å². The number of aromatic nitrogens is 2. The number of benzene rings is 2. The Balaban J connectivity index is 0.00000256. The smallest absolute Gasteiger partial charge is 0.0945 e. The molecule has 0 atom stereocenters. The van der Waals surface area contributed by atoms with Crippen LogP contribution in [0.15, 0.2) is 71.8 Å². The SMILES string of the molecule is CCOCc1c(C)n(Cc2ccccc2)c2c(-c3ccc(SC)cc3)nccc12.Cl. The number of rotatable bonds is 7. The van der Waals surface area contributed by atoms with Crippen molar-refractivity contribution in [1.29, 1.82) is 0 Å². The van der Waals surface area contributed by atoms with Crippen molar-refractivity contribution < 1.29 is 4.74 Å². The van der Waals surface area contributed by atoms with Crippen LogP contribution < -0.4 is 0 Å². The Kier molecular flexibility index (Phi) is 7.59. The van der Waals surface area contributed by atoms with E-state index in [2.05, 4.69) is 78.4 Å². The van der Waals surface area contributed by atoms with Gasteiger partial charge in [-0.2, -0.15) is 0 Å². The molecule has 0 bridgehead atoms. The first kappa shape index (κ1) is 22.4.